The Labute approximate surface area is 250 Å². The number of amides is 1. The Hall–Kier alpha value is -3.68. The number of likely N-dealkylation sites (N-methyl/N-ethyl adjacent to an activating group) is 1. The molecule has 1 aromatic carbocycles. The van der Waals surface area contributed by atoms with Crippen molar-refractivity contribution in [2.24, 2.45) is 23.5 Å². The highest BCUT2D eigenvalue weighted by Crippen LogP contribution is 2.54. The van der Waals surface area contributed by atoms with E-state index in [-0.39, 0.29) is 41.7 Å². The third-order valence-corrected chi connectivity index (χ3v) is 9.77. The number of guanidine groups is 1. The van der Waals surface area contributed by atoms with Crippen LogP contribution in [0.5, 0.6) is 5.75 Å². The smallest absolute Gasteiger partial charge is 0.230 e. The predicted molar refractivity (Wildman–Crippen MR) is 159 cm³/mol. The van der Waals surface area contributed by atoms with E-state index in [1.54, 1.807) is 44.1 Å². The van der Waals surface area contributed by atoms with Crippen molar-refractivity contribution in [2.45, 2.75) is 68.7 Å². The number of aromatic hydroxyl groups is 1. The third-order valence-electron chi connectivity index (χ3n) is 9.77. The number of primary amides is 1. The van der Waals surface area contributed by atoms with Crippen LogP contribution in [-0.4, -0.2) is 101 Å². The van der Waals surface area contributed by atoms with Crippen molar-refractivity contribution in [2.75, 3.05) is 38.4 Å². The van der Waals surface area contributed by atoms with Crippen LogP contribution in [-0.2, 0) is 16.0 Å². The van der Waals surface area contributed by atoms with Crippen LogP contribution in [0.15, 0.2) is 17.4 Å². The number of rotatable bonds is 5. The van der Waals surface area contributed by atoms with Crippen LogP contribution in [0.3, 0.4) is 0 Å². The maximum atomic E-state index is 14.2. The molecule has 0 radical (unpaired) electrons. The summed E-state index contributed by atoms with van der Waals surface area (Å²) in [4.78, 5) is 43.3. The number of carbonyl (C=O) groups is 3. The number of phenolic OH excluding ortho intramolecular Hbond substituents is 1. The number of nitrogens with one attached hydrogen (secondary N) is 3. The van der Waals surface area contributed by atoms with Crippen LogP contribution in [0.25, 0.3) is 0 Å². The number of carbonyl (C=O) groups excluding carboxylic acids is 3. The highest BCUT2D eigenvalue weighted by molar-refractivity contribution is 6.17. The summed E-state index contributed by atoms with van der Waals surface area (Å²) in [6.45, 7) is 0. The molecule has 1 aromatic rings. The Morgan fingerprint density at radius 2 is 1.77 bits per heavy atom. The first-order chi connectivity index (χ1) is 20.2. The average Bonchev–Trinajstić information content (AvgIpc) is 2.92. The quantitative estimate of drug-likeness (QED) is 0.102. The lowest BCUT2D eigenvalue weighted by atomic mass is 9.56. The Morgan fingerprint density at radius 3 is 2.35 bits per heavy atom. The van der Waals surface area contributed by atoms with Gasteiger partial charge in [-0.25, -0.2) is 0 Å². The monoisotopic (exact) mass is 598 g/mol. The lowest BCUT2D eigenvalue weighted by Crippen LogP contribution is -2.71. The molecule has 0 bridgehead atoms. The number of aliphatic hydroxyl groups is 3. The van der Waals surface area contributed by atoms with Gasteiger partial charge in [-0.2, -0.15) is 0 Å². The second kappa shape index (κ2) is 11.1. The van der Waals surface area contributed by atoms with Crippen molar-refractivity contribution >= 4 is 34.8 Å². The summed E-state index contributed by atoms with van der Waals surface area (Å²) in [5.41, 5.74) is 3.76. The summed E-state index contributed by atoms with van der Waals surface area (Å²) in [5, 5.41) is 60.3. The topological polar surface area (TPSA) is 213 Å². The number of hydrogen-bond donors (Lipinski definition) is 8. The highest BCUT2D eigenvalue weighted by Gasteiger charge is 2.66. The van der Waals surface area contributed by atoms with Crippen molar-refractivity contribution in [3.63, 3.8) is 0 Å². The number of nitrogens with two attached hydrogens (primary N) is 1. The summed E-state index contributed by atoms with van der Waals surface area (Å²) in [6.07, 6.45) is 3.86. The van der Waals surface area contributed by atoms with Crippen molar-refractivity contribution in [3.05, 3.63) is 28.5 Å². The molecule has 0 heterocycles. The number of Topliss-reactive ketones (excluding diaryl/α,β-unsaturated/α-hetero) is 2. The molecule has 43 heavy (non-hydrogen) atoms. The van der Waals surface area contributed by atoms with Gasteiger partial charge in [0, 0.05) is 43.4 Å². The minimum absolute atomic E-state index is 0.0246. The molecule has 5 rings (SSSR count). The summed E-state index contributed by atoms with van der Waals surface area (Å²) < 4.78 is 0. The molecule has 234 valence electrons. The minimum Gasteiger partial charge on any atom is -0.508 e. The number of benzene rings is 1. The molecule has 0 saturated heterocycles. The Bertz CT molecular complexity index is 1400. The maximum Gasteiger partial charge on any atom is 0.230 e. The van der Waals surface area contributed by atoms with Gasteiger partial charge >= 0.3 is 0 Å². The van der Waals surface area contributed by atoms with Gasteiger partial charge in [-0.05, 0) is 57.3 Å². The minimum atomic E-state index is -2.64. The number of ketones is 2. The second-order valence-electron chi connectivity index (χ2n) is 12.8. The van der Waals surface area contributed by atoms with E-state index < -0.39 is 64.5 Å². The van der Waals surface area contributed by atoms with E-state index >= 15 is 0 Å². The van der Waals surface area contributed by atoms with Gasteiger partial charge in [0.25, 0.3) is 0 Å². The van der Waals surface area contributed by atoms with Gasteiger partial charge < -0.3 is 46.6 Å². The first kappa shape index (κ1) is 30.8. The zero-order valence-corrected chi connectivity index (χ0v) is 25.0. The van der Waals surface area contributed by atoms with E-state index in [2.05, 4.69) is 10.6 Å². The summed E-state index contributed by atoms with van der Waals surface area (Å²) in [6, 6.07) is 0.862. The highest BCUT2D eigenvalue weighted by atomic mass is 16.3. The number of anilines is 2. The number of fused-ring (bicyclic) bond motifs is 3. The van der Waals surface area contributed by atoms with Gasteiger partial charge in [0.1, 0.15) is 11.7 Å². The lowest BCUT2D eigenvalue weighted by Gasteiger charge is -2.53. The number of nitrogens with zero attached hydrogens (tertiary/aromatic N) is 2. The summed E-state index contributed by atoms with van der Waals surface area (Å²) in [5.74, 6) is -7.89. The lowest BCUT2D eigenvalue weighted by molar-refractivity contribution is -0.178. The van der Waals surface area contributed by atoms with E-state index in [9.17, 15) is 34.8 Å². The fraction of sp³-hybridized carbons (Fsp3) is 0.600. The fourth-order valence-corrected chi connectivity index (χ4v) is 7.77. The van der Waals surface area contributed by atoms with Gasteiger partial charge in [0.05, 0.1) is 17.4 Å². The number of hydrogen-bond acceptors (Lipinski definition) is 10. The normalized spacial score (nSPS) is 30.8. The predicted octanol–water partition coefficient (Wildman–Crippen LogP) is 0.621. The molecular weight excluding hydrogens is 556 g/mol. The van der Waals surface area contributed by atoms with Crippen molar-refractivity contribution in [1.82, 2.24) is 10.2 Å². The van der Waals surface area contributed by atoms with Crippen molar-refractivity contribution < 1.29 is 34.8 Å². The molecule has 2 saturated carbocycles. The van der Waals surface area contributed by atoms with Crippen LogP contribution in [0.4, 0.5) is 11.4 Å². The van der Waals surface area contributed by atoms with Gasteiger partial charge in [-0.15, -0.1) is 0 Å². The van der Waals surface area contributed by atoms with Crippen LogP contribution < -0.4 is 21.3 Å². The maximum absolute atomic E-state index is 14.2. The zero-order valence-electron chi connectivity index (χ0n) is 25.0. The number of aliphatic hydroxyl groups excluding tert-OH is 2. The molecule has 4 aliphatic carbocycles. The molecule has 9 N–H and O–H groups in total. The SMILES string of the molecule is CN(C)c1cc(NC(=N)NC2CCCCC2)c(O)c2c1C[C@H]1C[C@H]3[C@H](N(C)C)C(O)C(C(N)=O)C(=O)[C@@]3(O)C(O)=C1C2=O. The second-order valence-corrected chi connectivity index (χ2v) is 12.8. The molecule has 4 aliphatic rings. The number of allylic oxidation sites excluding steroid dienone is 1. The molecule has 13 heteroatoms. The van der Waals surface area contributed by atoms with Gasteiger partial charge in [0.15, 0.2) is 28.9 Å². The van der Waals surface area contributed by atoms with Crippen molar-refractivity contribution in [1.29, 1.82) is 5.41 Å². The van der Waals surface area contributed by atoms with Gasteiger partial charge in [0.2, 0.25) is 5.91 Å². The summed E-state index contributed by atoms with van der Waals surface area (Å²) >= 11 is 0. The van der Waals surface area contributed by atoms with E-state index in [0.717, 1.165) is 32.1 Å². The Balaban J connectivity index is 1.59. The molecule has 2 fully saturated rings. The molecule has 0 aliphatic heterocycles. The first-order valence-corrected chi connectivity index (χ1v) is 14.8. The standard InChI is InChI=1S/C30H42N6O7/c1-35(2)18-12-17(34-29(32)33-14-8-6-5-7-9-14)23(37)20-15(18)10-13-11-16-22(36(3)4)25(39)21(28(31)42)27(41)30(16,43)26(40)19(13)24(20)38/h12-14,16,21-22,25,37,39-40,43H,5-11H2,1-4H3,(H2,31,42)(H3,32,33,34)/t13-,16-,21?,22-,25?,30-/m0/s1. The van der Waals surface area contributed by atoms with E-state index in [1.165, 1.54) is 0 Å². The molecule has 1 amide bonds. The summed E-state index contributed by atoms with van der Waals surface area (Å²) in [7, 11) is 6.82. The molecule has 6 atom stereocenters. The molecule has 2 unspecified atom stereocenters. The van der Waals surface area contributed by atoms with Crippen LogP contribution in [0.1, 0.15) is 54.4 Å². The van der Waals surface area contributed by atoms with Gasteiger partial charge in [-0.3, -0.25) is 19.8 Å². The Morgan fingerprint density at radius 1 is 1.12 bits per heavy atom. The first-order valence-electron chi connectivity index (χ1n) is 14.8. The van der Waals surface area contributed by atoms with Crippen LogP contribution in [0.2, 0.25) is 0 Å². The van der Waals surface area contributed by atoms with E-state index in [0.29, 0.717) is 11.3 Å². The molecular formula is C30H42N6O7. The zero-order chi connectivity index (χ0) is 31.5. The fourth-order valence-electron chi connectivity index (χ4n) is 7.77. The third kappa shape index (κ3) is 4.83. The van der Waals surface area contributed by atoms with E-state index in [4.69, 9.17) is 11.1 Å². The van der Waals surface area contributed by atoms with Crippen LogP contribution >= 0.6 is 0 Å². The van der Waals surface area contributed by atoms with Crippen molar-refractivity contribution in [3.8, 4) is 5.75 Å². The van der Waals surface area contributed by atoms with Crippen LogP contribution in [0, 0.1) is 23.2 Å². The Kier molecular flexibility index (Phi) is 7.95. The average molecular weight is 599 g/mol. The van der Waals surface area contributed by atoms with E-state index in [1.807, 2.05) is 0 Å². The molecule has 0 spiro atoms. The number of phenols is 1. The molecule has 0 aromatic heterocycles. The largest absolute Gasteiger partial charge is 0.508 e. The van der Waals surface area contributed by atoms with Gasteiger partial charge in [-0.1, -0.05) is 19.3 Å². The molecule has 13 nitrogen and oxygen atoms in total.